The Hall–Kier alpha value is -2.75. The number of sulfonamides is 1. The Morgan fingerprint density at radius 1 is 1.07 bits per heavy atom. The maximum atomic E-state index is 12.7. The second kappa shape index (κ2) is 8.73. The Labute approximate surface area is 173 Å². The van der Waals surface area contributed by atoms with Gasteiger partial charge in [0.2, 0.25) is 10.0 Å². The first-order chi connectivity index (χ1) is 13.8. The number of carbonyl (C=O) groups is 1. The van der Waals surface area contributed by atoms with Crippen molar-refractivity contribution < 1.29 is 18.1 Å². The van der Waals surface area contributed by atoms with Crippen molar-refractivity contribution in [1.29, 1.82) is 0 Å². The van der Waals surface area contributed by atoms with Crippen LogP contribution in [0.4, 0.5) is 5.69 Å². The molecule has 152 valence electrons. The first-order valence-corrected chi connectivity index (χ1v) is 10.6. The van der Waals surface area contributed by atoms with Crippen molar-refractivity contribution in [3.05, 3.63) is 80.2 Å². The highest BCUT2D eigenvalue weighted by atomic mass is 35.5. The van der Waals surface area contributed by atoms with E-state index < -0.39 is 14.9 Å². The lowest BCUT2D eigenvalue weighted by molar-refractivity contribution is -0.384. The zero-order valence-electron chi connectivity index (χ0n) is 15.3. The first-order valence-electron chi connectivity index (χ1n) is 8.74. The van der Waals surface area contributed by atoms with Crippen LogP contribution in [0.5, 0.6) is 0 Å². The van der Waals surface area contributed by atoms with Crippen molar-refractivity contribution in [3.63, 3.8) is 0 Å². The largest absolute Gasteiger partial charge is 0.336 e. The van der Waals surface area contributed by atoms with Crippen LogP contribution >= 0.6 is 11.6 Å². The molecule has 0 N–H and O–H groups in total. The zero-order valence-corrected chi connectivity index (χ0v) is 16.8. The van der Waals surface area contributed by atoms with Gasteiger partial charge < -0.3 is 4.90 Å². The average molecular weight is 436 g/mol. The molecule has 3 rings (SSSR count). The van der Waals surface area contributed by atoms with Gasteiger partial charge >= 0.3 is 0 Å². The quantitative estimate of drug-likeness (QED) is 0.530. The number of hydrogen-bond acceptors (Lipinski definition) is 5. The van der Waals surface area contributed by atoms with E-state index in [9.17, 15) is 23.3 Å². The summed E-state index contributed by atoms with van der Waals surface area (Å²) < 4.78 is 26.3. The molecular weight excluding hydrogens is 418 g/mol. The topological polar surface area (TPSA) is 101 Å². The van der Waals surface area contributed by atoms with Gasteiger partial charge in [-0.05, 0) is 17.7 Å². The molecule has 1 amide bonds. The molecule has 10 heteroatoms. The molecule has 0 spiro atoms. The van der Waals surface area contributed by atoms with Gasteiger partial charge in [0.15, 0.2) is 0 Å². The van der Waals surface area contributed by atoms with Crippen molar-refractivity contribution in [2.45, 2.75) is 0 Å². The molecule has 0 aliphatic carbocycles. The number of rotatable bonds is 5. The second-order valence-corrected chi connectivity index (χ2v) is 8.60. The number of nitro groups is 1. The van der Waals surface area contributed by atoms with Crippen LogP contribution in [0.15, 0.2) is 53.9 Å². The Bertz CT molecular complexity index is 1050. The molecule has 0 radical (unpaired) electrons. The van der Waals surface area contributed by atoms with E-state index in [4.69, 9.17) is 11.6 Å². The lowest BCUT2D eigenvalue weighted by Crippen LogP contribution is -2.50. The van der Waals surface area contributed by atoms with Gasteiger partial charge in [0, 0.05) is 43.7 Å². The Morgan fingerprint density at radius 3 is 2.31 bits per heavy atom. The lowest BCUT2D eigenvalue weighted by atomic mass is 10.1. The minimum atomic E-state index is -3.60. The number of halogens is 1. The zero-order chi connectivity index (χ0) is 21.0. The number of carbonyl (C=O) groups excluding carboxylic acids is 1. The van der Waals surface area contributed by atoms with Crippen molar-refractivity contribution in [2.24, 2.45) is 0 Å². The number of nitro benzene ring substituents is 1. The second-order valence-electron chi connectivity index (χ2n) is 6.37. The molecule has 0 bridgehead atoms. The molecule has 0 aromatic heterocycles. The maximum Gasteiger partial charge on any atom is 0.270 e. The number of non-ortho nitro benzene ring substituents is 1. The number of hydrogen-bond donors (Lipinski definition) is 0. The van der Waals surface area contributed by atoms with E-state index in [1.165, 1.54) is 27.4 Å². The van der Waals surface area contributed by atoms with E-state index in [2.05, 4.69) is 0 Å². The molecular formula is C19H18ClN3O5S. The minimum Gasteiger partial charge on any atom is -0.336 e. The molecule has 0 atom stereocenters. The summed E-state index contributed by atoms with van der Waals surface area (Å²) in [5, 5.41) is 11.9. The predicted molar refractivity (Wildman–Crippen MR) is 110 cm³/mol. The van der Waals surface area contributed by atoms with E-state index in [1.807, 2.05) is 18.2 Å². The summed E-state index contributed by atoms with van der Waals surface area (Å²) in [5.41, 5.74) is 0.725. The van der Waals surface area contributed by atoms with Crippen molar-refractivity contribution in [1.82, 2.24) is 9.21 Å². The van der Waals surface area contributed by atoms with Gasteiger partial charge in [-0.25, -0.2) is 8.42 Å². The van der Waals surface area contributed by atoms with Crippen molar-refractivity contribution >= 4 is 39.3 Å². The van der Waals surface area contributed by atoms with Crippen LogP contribution in [-0.4, -0.2) is 54.6 Å². The Balaban J connectivity index is 1.65. The number of amides is 1. The van der Waals surface area contributed by atoms with E-state index in [1.54, 1.807) is 12.1 Å². The van der Waals surface area contributed by atoms with Gasteiger partial charge in [-0.15, -0.1) is 0 Å². The van der Waals surface area contributed by atoms with Crippen LogP contribution in [0.1, 0.15) is 15.9 Å². The molecule has 1 heterocycles. The highest BCUT2D eigenvalue weighted by Gasteiger charge is 2.29. The van der Waals surface area contributed by atoms with Crippen LogP contribution in [0, 0.1) is 10.1 Å². The fourth-order valence-electron chi connectivity index (χ4n) is 2.92. The molecule has 29 heavy (non-hydrogen) atoms. The molecule has 1 saturated heterocycles. The minimum absolute atomic E-state index is 0.00922. The third-order valence-electron chi connectivity index (χ3n) is 4.51. The summed E-state index contributed by atoms with van der Waals surface area (Å²) in [7, 11) is -3.60. The summed E-state index contributed by atoms with van der Waals surface area (Å²) >= 11 is 6.02. The molecule has 1 fully saturated rings. The van der Waals surface area contributed by atoms with Gasteiger partial charge in [0.25, 0.3) is 11.6 Å². The van der Waals surface area contributed by atoms with Crippen molar-refractivity contribution in [2.75, 3.05) is 26.2 Å². The summed E-state index contributed by atoms with van der Waals surface area (Å²) in [4.78, 5) is 24.3. The standard InChI is InChI=1S/C19H18ClN3O5S/c20-18-14-16(23(25)26)6-7-17(18)19(24)21-9-11-22(12-10-21)29(27,28)13-8-15-4-2-1-3-5-15/h1-8,13-14H,9-12H2/b13-8+. The maximum absolute atomic E-state index is 12.7. The Kier molecular flexibility index (Phi) is 6.31. The highest BCUT2D eigenvalue weighted by Crippen LogP contribution is 2.24. The Morgan fingerprint density at radius 2 is 1.72 bits per heavy atom. The van der Waals surface area contributed by atoms with Gasteiger partial charge in [-0.2, -0.15) is 4.31 Å². The summed E-state index contributed by atoms with van der Waals surface area (Å²) in [6.45, 7) is 0.699. The van der Waals surface area contributed by atoms with Crippen LogP contribution in [0.3, 0.4) is 0 Å². The molecule has 2 aromatic rings. The summed E-state index contributed by atoms with van der Waals surface area (Å²) in [5.74, 6) is -0.387. The van der Waals surface area contributed by atoms with Crippen LogP contribution < -0.4 is 0 Å². The van der Waals surface area contributed by atoms with Gasteiger partial charge in [0.05, 0.1) is 15.5 Å². The SMILES string of the molecule is O=C(c1ccc([N+](=O)[O-])cc1Cl)N1CCN(S(=O)(=O)/C=C/c2ccccc2)CC1. The molecule has 8 nitrogen and oxygen atoms in total. The molecule has 1 aliphatic heterocycles. The normalized spacial score (nSPS) is 15.6. The van der Waals surface area contributed by atoms with Crippen LogP contribution in [0.2, 0.25) is 5.02 Å². The number of nitrogens with zero attached hydrogens (tertiary/aromatic N) is 3. The third kappa shape index (κ3) is 5.00. The molecule has 0 unspecified atom stereocenters. The average Bonchev–Trinajstić information content (AvgIpc) is 2.72. The van der Waals surface area contributed by atoms with Crippen molar-refractivity contribution in [3.8, 4) is 0 Å². The first kappa shape index (κ1) is 21.0. The monoisotopic (exact) mass is 435 g/mol. The number of benzene rings is 2. The fraction of sp³-hybridized carbons (Fsp3) is 0.211. The van der Waals surface area contributed by atoms with E-state index >= 15 is 0 Å². The summed E-state index contributed by atoms with van der Waals surface area (Å²) in [6.07, 6.45) is 1.53. The van der Waals surface area contributed by atoms with E-state index in [0.717, 1.165) is 17.0 Å². The lowest BCUT2D eigenvalue weighted by Gasteiger charge is -2.33. The van der Waals surface area contributed by atoms with E-state index in [-0.39, 0.29) is 48.4 Å². The van der Waals surface area contributed by atoms with Crippen LogP contribution in [0.25, 0.3) is 6.08 Å². The smallest absolute Gasteiger partial charge is 0.270 e. The molecule has 1 aliphatic rings. The van der Waals surface area contributed by atoms with Crippen LogP contribution in [-0.2, 0) is 10.0 Å². The van der Waals surface area contributed by atoms with Gasteiger partial charge in [-0.3, -0.25) is 14.9 Å². The van der Waals surface area contributed by atoms with Gasteiger partial charge in [0.1, 0.15) is 0 Å². The van der Waals surface area contributed by atoms with Gasteiger partial charge in [-0.1, -0.05) is 41.9 Å². The molecule has 0 saturated carbocycles. The van der Waals surface area contributed by atoms with E-state index in [0.29, 0.717) is 0 Å². The predicted octanol–water partition coefficient (Wildman–Crippen LogP) is 3.01. The highest BCUT2D eigenvalue weighted by molar-refractivity contribution is 7.92. The fourth-order valence-corrected chi connectivity index (χ4v) is 4.35. The molecule has 2 aromatic carbocycles. The summed E-state index contributed by atoms with van der Waals surface area (Å²) in [6, 6.07) is 12.7. The number of piperazine rings is 1. The third-order valence-corrected chi connectivity index (χ3v) is 6.39.